The number of rotatable bonds is 7. The molecule has 0 spiro atoms. The molecule has 12 heavy (non-hydrogen) atoms. The van der Waals surface area contributed by atoms with Crippen LogP contribution in [0.15, 0.2) is 0 Å². The molecule has 0 fully saturated rings. The van der Waals surface area contributed by atoms with Crippen LogP contribution >= 0.6 is 0 Å². The minimum absolute atomic E-state index is 0.0399. The third-order valence-electron chi connectivity index (χ3n) is 1.13. The number of carboxylic acids is 1. The molecule has 0 aromatic heterocycles. The Hall–Kier alpha value is -0.940. The smallest absolute Gasteiger partial charge is 0.317 e. The first-order chi connectivity index (χ1) is 5.63. The van der Waals surface area contributed by atoms with Gasteiger partial charge in [-0.05, 0) is 6.92 Å². The summed E-state index contributed by atoms with van der Waals surface area (Å²) in [6.45, 7) is 2.96. The molecule has 5 nitrogen and oxygen atoms in total. The zero-order chi connectivity index (χ0) is 9.40. The van der Waals surface area contributed by atoms with Crippen molar-refractivity contribution in [3.05, 3.63) is 0 Å². The van der Waals surface area contributed by atoms with E-state index in [9.17, 15) is 9.59 Å². The molecule has 0 heterocycles. The number of nitrogens with one attached hydrogen (secondary N) is 2. The first-order valence-corrected chi connectivity index (χ1v) is 3.75. The van der Waals surface area contributed by atoms with Gasteiger partial charge < -0.3 is 15.7 Å². The van der Waals surface area contributed by atoms with E-state index in [1.165, 1.54) is 6.92 Å². The van der Waals surface area contributed by atoms with E-state index in [0.29, 0.717) is 19.6 Å². The van der Waals surface area contributed by atoms with E-state index in [1.54, 1.807) is 0 Å². The van der Waals surface area contributed by atoms with Crippen LogP contribution in [0.5, 0.6) is 0 Å². The fraction of sp³-hybridized carbons (Fsp3) is 0.714. The maximum Gasteiger partial charge on any atom is 0.317 e. The largest absolute Gasteiger partial charge is 0.480 e. The maximum atomic E-state index is 10.4. The second-order valence-electron chi connectivity index (χ2n) is 2.45. The highest BCUT2D eigenvalue weighted by molar-refractivity contribution is 5.77. The molecule has 0 saturated carbocycles. The Labute approximate surface area is 71.1 Å². The van der Waals surface area contributed by atoms with E-state index in [2.05, 4.69) is 10.6 Å². The lowest BCUT2D eigenvalue weighted by Gasteiger charge is -2.01. The van der Waals surface area contributed by atoms with E-state index in [1.807, 2.05) is 0 Å². The average Bonchev–Trinajstić information content (AvgIpc) is 1.95. The van der Waals surface area contributed by atoms with Crippen molar-refractivity contribution in [2.45, 2.75) is 6.92 Å². The Morgan fingerprint density at radius 3 is 2.08 bits per heavy atom. The molecule has 0 aliphatic carbocycles. The van der Waals surface area contributed by atoms with E-state index in [0.717, 1.165) is 0 Å². The van der Waals surface area contributed by atoms with Crippen molar-refractivity contribution >= 4 is 11.8 Å². The van der Waals surface area contributed by atoms with Crippen molar-refractivity contribution in [3.63, 3.8) is 0 Å². The zero-order valence-corrected chi connectivity index (χ0v) is 7.09. The van der Waals surface area contributed by atoms with Crippen LogP contribution in [-0.4, -0.2) is 43.0 Å². The highest BCUT2D eigenvalue weighted by Crippen LogP contribution is 1.65. The van der Waals surface area contributed by atoms with Crippen molar-refractivity contribution in [2.24, 2.45) is 0 Å². The average molecular weight is 174 g/mol. The van der Waals surface area contributed by atoms with Crippen molar-refractivity contribution in [1.82, 2.24) is 10.6 Å². The molecule has 70 valence electrons. The molecule has 0 radical (unpaired) electrons. The number of ketones is 1. The molecule has 0 aliphatic rings. The van der Waals surface area contributed by atoms with E-state index in [-0.39, 0.29) is 12.3 Å². The van der Waals surface area contributed by atoms with Crippen LogP contribution in [0.4, 0.5) is 0 Å². The van der Waals surface area contributed by atoms with Crippen molar-refractivity contribution < 1.29 is 14.7 Å². The van der Waals surface area contributed by atoms with Gasteiger partial charge in [0, 0.05) is 13.1 Å². The molecule has 3 N–H and O–H groups in total. The molecule has 0 amide bonds. The van der Waals surface area contributed by atoms with Crippen LogP contribution in [-0.2, 0) is 9.59 Å². The summed E-state index contributed by atoms with van der Waals surface area (Å²) in [5.74, 6) is -0.796. The molecule has 0 bridgehead atoms. The third-order valence-corrected chi connectivity index (χ3v) is 1.13. The molecule has 0 saturated heterocycles. The highest BCUT2D eigenvalue weighted by atomic mass is 16.4. The molecular formula is C7H14N2O3. The topological polar surface area (TPSA) is 78.4 Å². The molecule has 0 aliphatic heterocycles. The molecule has 0 aromatic rings. The predicted octanol–water partition coefficient (Wildman–Crippen LogP) is -1.16. The van der Waals surface area contributed by atoms with Gasteiger partial charge in [0.05, 0.1) is 13.1 Å². The van der Waals surface area contributed by atoms with Gasteiger partial charge >= 0.3 is 5.97 Å². The second-order valence-corrected chi connectivity index (χ2v) is 2.45. The van der Waals surface area contributed by atoms with E-state index < -0.39 is 5.97 Å². The van der Waals surface area contributed by atoms with Crippen molar-refractivity contribution in [1.29, 1.82) is 0 Å². The van der Waals surface area contributed by atoms with E-state index in [4.69, 9.17) is 5.11 Å². The van der Waals surface area contributed by atoms with Crippen LogP contribution in [0, 0.1) is 0 Å². The fourth-order valence-electron chi connectivity index (χ4n) is 0.637. The number of hydrogen-bond donors (Lipinski definition) is 3. The summed E-state index contributed by atoms with van der Waals surface area (Å²) in [6, 6.07) is 0. The summed E-state index contributed by atoms with van der Waals surface area (Å²) in [4.78, 5) is 20.4. The maximum absolute atomic E-state index is 10.4. The number of carboxylic acid groups (broad SMARTS) is 1. The first-order valence-electron chi connectivity index (χ1n) is 3.75. The monoisotopic (exact) mass is 174 g/mol. The Bertz CT molecular complexity index is 141. The van der Waals surface area contributed by atoms with Crippen molar-refractivity contribution in [3.8, 4) is 0 Å². The molecule has 0 unspecified atom stereocenters. The number of hydrogen-bond acceptors (Lipinski definition) is 4. The lowest BCUT2D eigenvalue weighted by molar-refractivity contribution is -0.136. The van der Waals surface area contributed by atoms with E-state index >= 15 is 0 Å². The minimum Gasteiger partial charge on any atom is -0.480 e. The number of carbonyl (C=O) groups is 2. The Balaban J connectivity index is 3.01. The van der Waals surface area contributed by atoms with Gasteiger partial charge in [-0.3, -0.25) is 9.59 Å². The van der Waals surface area contributed by atoms with Crippen LogP contribution < -0.4 is 10.6 Å². The van der Waals surface area contributed by atoms with Gasteiger partial charge in [0.25, 0.3) is 0 Å². The van der Waals surface area contributed by atoms with Crippen molar-refractivity contribution in [2.75, 3.05) is 26.2 Å². The lowest BCUT2D eigenvalue weighted by Crippen LogP contribution is -2.32. The first kappa shape index (κ1) is 11.1. The summed E-state index contributed by atoms with van der Waals surface area (Å²) >= 11 is 0. The lowest BCUT2D eigenvalue weighted by atomic mass is 10.4. The molecule has 0 aromatic carbocycles. The SMILES string of the molecule is CC(=O)CNCCNCC(=O)O. The Morgan fingerprint density at radius 2 is 1.67 bits per heavy atom. The van der Waals surface area contributed by atoms with Gasteiger partial charge in [0.15, 0.2) is 0 Å². The highest BCUT2D eigenvalue weighted by Gasteiger charge is 1.94. The van der Waals surface area contributed by atoms with Crippen LogP contribution in [0.1, 0.15) is 6.92 Å². The number of carbonyl (C=O) groups excluding carboxylic acids is 1. The summed E-state index contributed by atoms with van der Waals surface area (Å²) in [5, 5.41) is 13.8. The second kappa shape index (κ2) is 6.75. The van der Waals surface area contributed by atoms with Crippen LogP contribution in [0.3, 0.4) is 0 Å². The Kier molecular flexibility index (Phi) is 6.22. The predicted molar refractivity (Wildman–Crippen MR) is 44.1 cm³/mol. The normalized spacial score (nSPS) is 9.75. The quantitative estimate of drug-likeness (QED) is 0.424. The van der Waals surface area contributed by atoms with Gasteiger partial charge in [-0.1, -0.05) is 0 Å². The Morgan fingerprint density at radius 1 is 1.17 bits per heavy atom. The summed E-state index contributed by atoms with van der Waals surface area (Å²) < 4.78 is 0. The van der Waals surface area contributed by atoms with Crippen LogP contribution in [0.2, 0.25) is 0 Å². The zero-order valence-electron chi connectivity index (χ0n) is 7.09. The standard InChI is InChI=1S/C7H14N2O3/c1-6(10)4-8-2-3-9-5-7(11)12/h8-9H,2-5H2,1H3,(H,11,12). The summed E-state index contributed by atoms with van der Waals surface area (Å²) in [7, 11) is 0. The summed E-state index contributed by atoms with van der Waals surface area (Å²) in [6.07, 6.45) is 0. The van der Waals surface area contributed by atoms with Gasteiger partial charge in [0.1, 0.15) is 5.78 Å². The van der Waals surface area contributed by atoms with Gasteiger partial charge in [-0.2, -0.15) is 0 Å². The minimum atomic E-state index is -0.874. The molecule has 5 heteroatoms. The third kappa shape index (κ3) is 9.06. The number of Topliss-reactive ketones (excluding diaryl/α,β-unsaturated/α-hetero) is 1. The molecular weight excluding hydrogens is 160 g/mol. The number of aliphatic carboxylic acids is 1. The van der Waals surface area contributed by atoms with Crippen LogP contribution in [0.25, 0.3) is 0 Å². The van der Waals surface area contributed by atoms with Gasteiger partial charge in [0.2, 0.25) is 0 Å². The molecule has 0 atom stereocenters. The van der Waals surface area contributed by atoms with Gasteiger partial charge in [-0.25, -0.2) is 0 Å². The fourth-order valence-corrected chi connectivity index (χ4v) is 0.637. The molecule has 0 rings (SSSR count). The van der Waals surface area contributed by atoms with Gasteiger partial charge in [-0.15, -0.1) is 0 Å². The summed E-state index contributed by atoms with van der Waals surface area (Å²) in [5.41, 5.74) is 0.